The minimum Gasteiger partial charge on any atom is -0.484 e. The van der Waals surface area contributed by atoms with Gasteiger partial charge in [-0.05, 0) is 12.1 Å². The Kier molecular flexibility index (Phi) is 3.67. The second-order valence-corrected chi connectivity index (χ2v) is 3.68. The average Bonchev–Trinajstić information content (AvgIpc) is 2.38. The predicted molar refractivity (Wildman–Crippen MR) is 63.2 cm³/mol. The molecule has 5 heteroatoms. The second kappa shape index (κ2) is 5.41. The molecule has 2 rings (SSSR count). The smallest absolute Gasteiger partial charge is 0.166 e. The molecule has 0 unspecified atom stereocenters. The third-order valence-electron chi connectivity index (χ3n) is 2.05. The molecule has 0 radical (unpaired) electrons. The van der Waals surface area contributed by atoms with Crippen molar-refractivity contribution in [3.8, 4) is 5.75 Å². The lowest BCUT2D eigenvalue weighted by atomic mass is 10.3. The first-order chi connectivity index (χ1) is 8.29. The van der Waals surface area contributed by atoms with E-state index in [0.29, 0.717) is 28.4 Å². The highest BCUT2D eigenvalue weighted by molar-refractivity contribution is 6.32. The molecule has 17 heavy (non-hydrogen) atoms. The number of carbonyl (C=O) groups is 1. The lowest BCUT2D eigenvalue weighted by Gasteiger charge is -2.06. The van der Waals surface area contributed by atoms with Crippen molar-refractivity contribution in [2.45, 2.75) is 6.61 Å². The van der Waals surface area contributed by atoms with E-state index in [4.69, 9.17) is 16.3 Å². The van der Waals surface area contributed by atoms with Crippen LogP contribution in [-0.4, -0.2) is 16.3 Å². The summed E-state index contributed by atoms with van der Waals surface area (Å²) in [7, 11) is 0. The lowest BCUT2D eigenvalue weighted by Crippen LogP contribution is -2.02. The van der Waals surface area contributed by atoms with Gasteiger partial charge < -0.3 is 4.74 Å². The Hall–Kier alpha value is -1.94. The number of halogens is 1. The van der Waals surface area contributed by atoms with Crippen LogP contribution in [-0.2, 0) is 6.61 Å². The van der Waals surface area contributed by atoms with Crippen LogP contribution in [0.1, 0.15) is 16.2 Å². The summed E-state index contributed by atoms with van der Waals surface area (Å²) in [6, 6.07) is 7.16. The molecule has 86 valence electrons. The topological polar surface area (TPSA) is 52.1 Å². The highest BCUT2D eigenvalue weighted by atomic mass is 35.5. The molecular weight excluding hydrogens is 240 g/mol. The van der Waals surface area contributed by atoms with Gasteiger partial charge in [0, 0.05) is 12.4 Å². The zero-order chi connectivity index (χ0) is 12.1. The Bertz CT molecular complexity index is 514. The normalized spacial score (nSPS) is 9.94. The summed E-state index contributed by atoms with van der Waals surface area (Å²) >= 11 is 5.93. The Labute approximate surface area is 103 Å². The van der Waals surface area contributed by atoms with Crippen LogP contribution in [0.2, 0.25) is 5.02 Å². The maximum absolute atomic E-state index is 10.4. The summed E-state index contributed by atoms with van der Waals surface area (Å²) in [4.78, 5) is 18.4. The lowest BCUT2D eigenvalue weighted by molar-refractivity contribution is 0.112. The Morgan fingerprint density at radius 1 is 1.24 bits per heavy atom. The van der Waals surface area contributed by atoms with Crippen LogP contribution >= 0.6 is 11.6 Å². The van der Waals surface area contributed by atoms with Gasteiger partial charge in [-0.2, -0.15) is 0 Å². The molecular formula is C12H9ClN2O2. The number of nitrogens with zero attached hydrogens (tertiary/aromatic N) is 2. The van der Waals surface area contributed by atoms with E-state index in [1.807, 2.05) is 12.1 Å². The molecule has 0 saturated carbocycles. The Morgan fingerprint density at radius 3 is 2.59 bits per heavy atom. The molecule has 0 aliphatic heterocycles. The maximum atomic E-state index is 10.4. The van der Waals surface area contributed by atoms with Gasteiger partial charge in [0.2, 0.25) is 0 Å². The van der Waals surface area contributed by atoms with Crippen molar-refractivity contribution in [2.75, 3.05) is 0 Å². The minimum atomic E-state index is 0.211. The molecule has 0 aliphatic carbocycles. The first-order valence-corrected chi connectivity index (χ1v) is 5.31. The first kappa shape index (κ1) is 11.5. The fourth-order valence-corrected chi connectivity index (χ4v) is 1.39. The first-order valence-electron chi connectivity index (χ1n) is 4.93. The molecule has 1 aromatic carbocycles. The van der Waals surface area contributed by atoms with Crippen molar-refractivity contribution in [1.82, 2.24) is 9.97 Å². The van der Waals surface area contributed by atoms with Crippen LogP contribution in [0.15, 0.2) is 36.7 Å². The van der Waals surface area contributed by atoms with Crippen molar-refractivity contribution in [2.24, 2.45) is 0 Å². The zero-order valence-electron chi connectivity index (χ0n) is 8.84. The van der Waals surface area contributed by atoms with Gasteiger partial charge in [0.25, 0.3) is 0 Å². The fraction of sp³-hybridized carbons (Fsp3) is 0.0833. The van der Waals surface area contributed by atoms with Crippen LogP contribution < -0.4 is 4.74 Å². The monoisotopic (exact) mass is 248 g/mol. The largest absolute Gasteiger partial charge is 0.484 e. The highest BCUT2D eigenvalue weighted by Gasteiger charge is 2.02. The minimum absolute atomic E-state index is 0.211. The third kappa shape index (κ3) is 3.01. The number of hydrogen-bond donors (Lipinski definition) is 0. The number of hydrogen-bond acceptors (Lipinski definition) is 4. The predicted octanol–water partition coefficient (Wildman–Crippen LogP) is 2.52. The number of benzene rings is 1. The van der Waals surface area contributed by atoms with E-state index in [9.17, 15) is 4.79 Å². The fourth-order valence-electron chi connectivity index (χ4n) is 1.20. The summed E-state index contributed by atoms with van der Waals surface area (Å²) in [5.41, 5.74) is 0.437. The van der Waals surface area contributed by atoms with Crippen molar-refractivity contribution < 1.29 is 9.53 Å². The molecule has 1 aromatic heterocycles. The van der Waals surface area contributed by atoms with E-state index in [0.717, 1.165) is 0 Å². The van der Waals surface area contributed by atoms with E-state index in [-0.39, 0.29) is 6.61 Å². The Morgan fingerprint density at radius 2 is 1.94 bits per heavy atom. The number of ether oxygens (including phenoxy) is 1. The number of aromatic nitrogens is 2. The van der Waals surface area contributed by atoms with Gasteiger partial charge in [-0.25, -0.2) is 9.97 Å². The molecule has 0 aliphatic rings. The van der Waals surface area contributed by atoms with Crippen molar-refractivity contribution >= 4 is 17.9 Å². The van der Waals surface area contributed by atoms with E-state index in [2.05, 4.69) is 9.97 Å². The highest BCUT2D eigenvalue weighted by Crippen LogP contribution is 2.23. The van der Waals surface area contributed by atoms with Gasteiger partial charge in [-0.15, -0.1) is 0 Å². The van der Waals surface area contributed by atoms with E-state index >= 15 is 0 Å². The average molecular weight is 249 g/mol. The zero-order valence-corrected chi connectivity index (χ0v) is 9.59. The van der Waals surface area contributed by atoms with E-state index in [1.54, 1.807) is 12.1 Å². The van der Waals surface area contributed by atoms with Crippen LogP contribution in [0.5, 0.6) is 5.75 Å². The number of para-hydroxylation sites is 1. The summed E-state index contributed by atoms with van der Waals surface area (Å²) < 4.78 is 5.45. The van der Waals surface area contributed by atoms with Gasteiger partial charge in [-0.1, -0.05) is 23.7 Å². The van der Waals surface area contributed by atoms with Crippen molar-refractivity contribution in [3.63, 3.8) is 0 Å². The third-order valence-corrected chi connectivity index (χ3v) is 2.37. The number of rotatable bonds is 4. The second-order valence-electron chi connectivity index (χ2n) is 3.27. The summed E-state index contributed by atoms with van der Waals surface area (Å²) in [6.45, 7) is 0.211. The van der Waals surface area contributed by atoms with Crippen LogP contribution in [0.3, 0.4) is 0 Å². The quantitative estimate of drug-likeness (QED) is 0.780. The maximum Gasteiger partial charge on any atom is 0.166 e. The summed E-state index contributed by atoms with van der Waals surface area (Å²) in [6.07, 6.45) is 3.59. The summed E-state index contributed by atoms with van der Waals surface area (Å²) in [5, 5.41) is 0.539. The SMILES string of the molecule is O=Cc1cnc(COc2ccccc2Cl)nc1. The summed E-state index contributed by atoms with van der Waals surface area (Å²) in [5.74, 6) is 1.08. The van der Waals surface area contributed by atoms with E-state index in [1.165, 1.54) is 12.4 Å². The molecule has 2 aromatic rings. The molecule has 0 atom stereocenters. The van der Waals surface area contributed by atoms with Gasteiger partial charge in [0.15, 0.2) is 12.1 Å². The van der Waals surface area contributed by atoms with Gasteiger partial charge in [0.1, 0.15) is 12.4 Å². The molecule has 0 amide bonds. The number of carbonyl (C=O) groups excluding carboxylic acids is 1. The molecule has 0 bridgehead atoms. The van der Waals surface area contributed by atoms with Gasteiger partial charge in [0.05, 0.1) is 10.6 Å². The van der Waals surface area contributed by atoms with Crippen molar-refractivity contribution in [1.29, 1.82) is 0 Å². The van der Waals surface area contributed by atoms with Gasteiger partial charge in [-0.3, -0.25) is 4.79 Å². The molecule has 1 heterocycles. The number of aldehydes is 1. The van der Waals surface area contributed by atoms with Crippen molar-refractivity contribution in [3.05, 3.63) is 53.1 Å². The van der Waals surface area contributed by atoms with E-state index < -0.39 is 0 Å². The molecule has 0 N–H and O–H groups in total. The molecule has 0 saturated heterocycles. The Balaban J connectivity index is 2.02. The van der Waals surface area contributed by atoms with Crippen LogP contribution in [0.25, 0.3) is 0 Å². The molecule has 0 fully saturated rings. The standard InChI is InChI=1S/C12H9ClN2O2/c13-10-3-1-2-4-11(10)17-8-12-14-5-9(7-16)6-15-12/h1-7H,8H2. The molecule has 0 spiro atoms. The molecule has 4 nitrogen and oxygen atoms in total. The van der Waals surface area contributed by atoms with Crippen LogP contribution in [0, 0.1) is 0 Å². The van der Waals surface area contributed by atoms with Gasteiger partial charge >= 0.3 is 0 Å². The van der Waals surface area contributed by atoms with Crippen LogP contribution in [0.4, 0.5) is 0 Å².